The van der Waals surface area contributed by atoms with Crippen molar-refractivity contribution in [2.24, 2.45) is 0 Å². The molecule has 2 aliphatic rings. The molecule has 0 unspecified atom stereocenters. The number of likely N-dealkylation sites (N-methyl/N-ethyl adjacent to an activating group) is 1. The molecule has 4 heterocycles. The average Bonchev–Trinajstić information content (AvgIpc) is 2.73. The molecule has 2 aliphatic heterocycles. The van der Waals surface area contributed by atoms with Crippen molar-refractivity contribution >= 4 is 5.82 Å². The van der Waals surface area contributed by atoms with E-state index in [0.717, 1.165) is 55.5 Å². The van der Waals surface area contributed by atoms with Crippen LogP contribution in [0.4, 0.5) is 5.82 Å². The fourth-order valence-electron chi connectivity index (χ4n) is 4.15. The number of aromatic nitrogens is 3. The van der Waals surface area contributed by atoms with Crippen molar-refractivity contribution in [1.82, 2.24) is 25.2 Å². The van der Waals surface area contributed by atoms with Crippen LogP contribution < -0.4 is 10.2 Å². The minimum absolute atomic E-state index is 0.696. The highest BCUT2D eigenvalue weighted by atomic mass is 15.2. The number of likely N-dealkylation sites (tertiary alicyclic amines) is 1. The van der Waals surface area contributed by atoms with Gasteiger partial charge in [0.05, 0.1) is 5.69 Å². The molecule has 0 radical (unpaired) electrons. The standard InChI is InChI=1S/C21H30N6/c1-16-6-3-4-11-27(16)13-12-26(2)21-18-8-10-23-15-19(18)24-20(25-21)17-7-5-9-22-14-17/h5,7,9,14,16,23H,3-4,6,8,10-13,15H2,1-2H3/t16-/m0/s1. The fourth-order valence-corrected chi connectivity index (χ4v) is 4.15. The maximum atomic E-state index is 4.97. The predicted octanol–water partition coefficient (Wildman–Crippen LogP) is 2.49. The number of nitrogens with one attached hydrogen (secondary N) is 1. The molecule has 2 aromatic rings. The van der Waals surface area contributed by atoms with Crippen LogP contribution in [0.2, 0.25) is 0 Å². The third-order valence-electron chi connectivity index (χ3n) is 5.86. The smallest absolute Gasteiger partial charge is 0.163 e. The second kappa shape index (κ2) is 8.31. The Balaban J connectivity index is 1.58. The van der Waals surface area contributed by atoms with Crippen LogP contribution in [0, 0.1) is 0 Å². The van der Waals surface area contributed by atoms with E-state index in [1.54, 1.807) is 6.20 Å². The van der Waals surface area contributed by atoms with E-state index < -0.39 is 0 Å². The van der Waals surface area contributed by atoms with Gasteiger partial charge in [-0.05, 0) is 51.4 Å². The molecule has 0 bridgehead atoms. The van der Waals surface area contributed by atoms with Crippen LogP contribution in [-0.2, 0) is 13.0 Å². The largest absolute Gasteiger partial charge is 0.358 e. The van der Waals surface area contributed by atoms with Crippen molar-refractivity contribution in [3.63, 3.8) is 0 Å². The molecule has 6 nitrogen and oxygen atoms in total. The number of piperidine rings is 1. The van der Waals surface area contributed by atoms with Gasteiger partial charge in [-0.15, -0.1) is 0 Å². The summed E-state index contributed by atoms with van der Waals surface area (Å²) >= 11 is 0. The number of anilines is 1. The molecule has 1 fully saturated rings. The number of nitrogens with zero attached hydrogens (tertiary/aromatic N) is 5. The number of hydrogen-bond acceptors (Lipinski definition) is 6. The second-order valence-electron chi connectivity index (χ2n) is 7.77. The molecule has 0 spiro atoms. The minimum Gasteiger partial charge on any atom is -0.358 e. The van der Waals surface area contributed by atoms with Gasteiger partial charge < -0.3 is 10.2 Å². The van der Waals surface area contributed by atoms with Crippen molar-refractivity contribution < 1.29 is 0 Å². The van der Waals surface area contributed by atoms with Crippen molar-refractivity contribution in [2.45, 2.75) is 45.2 Å². The van der Waals surface area contributed by atoms with Gasteiger partial charge in [0.15, 0.2) is 5.82 Å². The third-order valence-corrected chi connectivity index (χ3v) is 5.86. The first-order valence-electron chi connectivity index (χ1n) is 10.2. The molecule has 4 rings (SSSR count). The van der Waals surface area contributed by atoms with Gasteiger partial charge in [-0.3, -0.25) is 9.88 Å². The van der Waals surface area contributed by atoms with E-state index in [2.05, 4.69) is 34.1 Å². The third kappa shape index (κ3) is 4.12. The Morgan fingerprint density at radius 1 is 1.30 bits per heavy atom. The molecule has 1 atom stereocenters. The van der Waals surface area contributed by atoms with Gasteiger partial charge in [-0.25, -0.2) is 9.97 Å². The molecule has 1 N–H and O–H groups in total. The Bertz CT molecular complexity index is 763. The molecule has 1 saturated heterocycles. The lowest BCUT2D eigenvalue weighted by Crippen LogP contribution is -2.42. The minimum atomic E-state index is 0.696. The van der Waals surface area contributed by atoms with Gasteiger partial charge in [0.25, 0.3) is 0 Å². The molecular weight excluding hydrogens is 336 g/mol. The van der Waals surface area contributed by atoms with Gasteiger partial charge in [0.2, 0.25) is 0 Å². The molecule has 27 heavy (non-hydrogen) atoms. The molecule has 2 aromatic heterocycles. The summed E-state index contributed by atoms with van der Waals surface area (Å²) in [6, 6.07) is 4.67. The topological polar surface area (TPSA) is 57.2 Å². The summed E-state index contributed by atoms with van der Waals surface area (Å²) in [5.74, 6) is 1.86. The highest BCUT2D eigenvalue weighted by Gasteiger charge is 2.22. The Kier molecular flexibility index (Phi) is 5.64. The number of fused-ring (bicyclic) bond motifs is 1. The summed E-state index contributed by atoms with van der Waals surface area (Å²) in [6.45, 7) is 7.48. The molecule has 144 valence electrons. The average molecular weight is 367 g/mol. The summed E-state index contributed by atoms with van der Waals surface area (Å²) < 4.78 is 0. The highest BCUT2D eigenvalue weighted by molar-refractivity contribution is 5.60. The molecular formula is C21H30N6. The van der Waals surface area contributed by atoms with Crippen LogP contribution in [0.1, 0.15) is 37.4 Å². The lowest BCUT2D eigenvalue weighted by atomic mass is 10.0. The van der Waals surface area contributed by atoms with Crippen LogP contribution >= 0.6 is 0 Å². The highest BCUT2D eigenvalue weighted by Crippen LogP contribution is 2.27. The summed E-state index contributed by atoms with van der Waals surface area (Å²) in [5.41, 5.74) is 3.41. The Morgan fingerprint density at radius 2 is 2.22 bits per heavy atom. The van der Waals surface area contributed by atoms with Crippen molar-refractivity contribution in [1.29, 1.82) is 0 Å². The van der Waals surface area contributed by atoms with Gasteiger partial charge in [-0.2, -0.15) is 0 Å². The maximum Gasteiger partial charge on any atom is 0.163 e. The summed E-state index contributed by atoms with van der Waals surface area (Å²) in [7, 11) is 2.17. The summed E-state index contributed by atoms with van der Waals surface area (Å²) in [4.78, 5) is 19.0. The Hall–Kier alpha value is -2.05. The van der Waals surface area contributed by atoms with Crippen LogP contribution in [0.3, 0.4) is 0 Å². The molecule has 0 amide bonds. The van der Waals surface area contributed by atoms with Gasteiger partial charge in [0, 0.05) is 56.2 Å². The van der Waals surface area contributed by atoms with Crippen LogP contribution in [-0.4, -0.2) is 59.1 Å². The molecule has 6 heteroatoms. The van der Waals surface area contributed by atoms with Gasteiger partial charge in [0.1, 0.15) is 5.82 Å². The predicted molar refractivity (Wildman–Crippen MR) is 109 cm³/mol. The van der Waals surface area contributed by atoms with Crippen molar-refractivity contribution in [3.05, 3.63) is 35.8 Å². The van der Waals surface area contributed by atoms with Crippen LogP contribution in [0.5, 0.6) is 0 Å². The zero-order valence-electron chi connectivity index (χ0n) is 16.5. The lowest BCUT2D eigenvalue weighted by molar-refractivity contribution is 0.165. The molecule has 0 aliphatic carbocycles. The SMILES string of the molecule is C[C@H]1CCCCN1CCN(C)c1nc(-c2cccnc2)nc2c1CCNC2. The van der Waals surface area contributed by atoms with E-state index in [-0.39, 0.29) is 0 Å². The number of pyridine rings is 1. The van der Waals surface area contributed by atoms with E-state index in [0.29, 0.717) is 6.04 Å². The van der Waals surface area contributed by atoms with Gasteiger partial charge >= 0.3 is 0 Å². The van der Waals surface area contributed by atoms with Crippen molar-refractivity contribution in [2.75, 3.05) is 38.1 Å². The van der Waals surface area contributed by atoms with E-state index in [9.17, 15) is 0 Å². The van der Waals surface area contributed by atoms with E-state index in [1.807, 2.05) is 18.3 Å². The van der Waals surface area contributed by atoms with Crippen molar-refractivity contribution in [3.8, 4) is 11.4 Å². The summed E-state index contributed by atoms with van der Waals surface area (Å²) in [5, 5.41) is 3.44. The molecule has 0 saturated carbocycles. The van der Waals surface area contributed by atoms with E-state index in [1.165, 1.54) is 31.4 Å². The first kappa shape index (κ1) is 18.3. The first-order chi connectivity index (χ1) is 13.2. The van der Waals surface area contributed by atoms with Crippen LogP contribution in [0.15, 0.2) is 24.5 Å². The van der Waals surface area contributed by atoms with Gasteiger partial charge in [-0.1, -0.05) is 6.42 Å². The fraction of sp³-hybridized carbons (Fsp3) is 0.571. The monoisotopic (exact) mass is 366 g/mol. The maximum absolute atomic E-state index is 4.97. The first-order valence-corrected chi connectivity index (χ1v) is 10.2. The van der Waals surface area contributed by atoms with Crippen LogP contribution in [0.25, 0.3) is 11.4 Å². The number of rotatable bonds is 5. The molecule has 0 aromatic carbocycles. The number of hydrogen-bond donors (Lipinski definition) is 1. The zero-order valence-corrected chi connectivity index (χ0v) is 16.5. The summed E-state index contributed by atoms with van der Waals surface area (Å²) in [6.07, 6.45) is 8.64. The lowest BCUT2D eigenvalue weighted by Gasteiger charge is -2.35. The quantitative estimate of drug-likeness (QED) is 0.877. The zero-order chi connectivity index (χ0) is 18.6. The normalized spacial score (nSPS) is 20.3. The van der Waals surface area contributed by atoms with E-state index >= 15 is 0 Å². The second-order valence-corrected chi connectivity index (χ2v) is 7.77. The Labute approximate surface area is 162 Å². The Morgan fingerprint density at radius 3 is 3.04 bits per heavy atom. The van der Waals surface area contributed by atoms with E-state index in [4.69, 9.17) is 9.97 Å².